The van der Waals surface area contributed by atoms with Gasteiger partial charge >= 0.3 is 0 Å². The summed E-state index contributed by atoms with van der Waals surface area (Å²) < 4.78 is 2.91. The lowest BCUT2D eigenvalue weighted by atomic mass is 10.0. The van der Waals surface area contributed by atoms with Crippen LogP contribution in [0.1, 0.15) is 29.3 Å². The van der Waals surface area contributed by atoms with E-state index in [1.54, 1.807) is 16.0 Å². The van der Waals surface area contributed by atoms with E-state index in [0.717, 1.165) is 26.7 Å². The van der Waals surface area contributed by atoms with Gasteiger partial charge in [0.2, 0.25) is 0 Å². The predicted octanol–water partition coefficient (Wildman–Crippen LogP) is 3.18. The molecule has 0 radical (unpaired) electrons. The highest BCUT2D eigenvalue weighted by atomic mass is 32.1. The van der Waals surface area contributed by atoms with Gasteiger partial charge in [0.05, 0.1) is 16.4 Å². The molecule has 2 heterocycles. The molecule has 0 saturated heterocycles. The molecule has 0 aliphatic rings. The Balaban J connectivity index is 1.88. The Kier molecular flexibility index (Phi) is 4.13. The van der Waals surface area contributed by atoms with E-state index in [-0.39, 0.29) is 12.6 Å². The third kappa shape index (κ3) is 2.84. The van der Waals surface area contributed by atoms with Gasteiger partial charge in [-0.25, -0.2) is 9.67 Å². The monoisotopic (exact) mass is 316 g/mol. The number of aryl methyl sites for hydroxylation is 3. The molecule has 6 heteroatoms. The van der Waals surface area contributed by atoms with Crippen molar-refractivity contribution in [3.05, 3.63) is 41.1 Å². The number of hydrogen-bond donors (Lipinski definition) is 2. The number of fused-ring (bicyclic) bond motifs is 1. The van der Waals surface area contributed by atoms with Crippen LogP contribution in [-0.4, -0.2) is 26.5 Å². The van der Waals surface area contributed by atoms with Gasteiger partial charge in [-0.15, -0.1) is 0 Å². The van der Waals surface area contributed by atoms with E-state index in [1.807, 2.05) is 14.0 Å². The summed E-state index contributed by atoms with van der Waals surface area (Å²) in [4.78, 5) is 4.62. The van der Waals surface area contributed by atoms with Gasteiger partial charge in [0.25, 0.3) is 0 Å². The number of rotatable bonds is 5. The molecule has 0 amide bonds. The topological polar surface area (TPSA) is 63.0 Å². The molecule has 22 heavy (non-hydrogen) atoms. The molecule has 5 nitrogen and oxygen atoms in total. The van der Waals surface area contributed by atoms with Crippen molar-refractivity contribution in [1.82, 2.24) is 14.8 Å². The zero-order valence-electron chi connectivity index (χ0n) is 13.0. The van der Waals surface area contributed by atoms with Gasteiger partial charge in [-0.1, -0.05) is 41.2 Å². The summed E-state index contributed by atoms with van der Waals surface area (Å²) in [6.45, 7) is 4.20. The zero-order chi connectivity index (χ0) is 15.7. The van der Waals surface area contributed by atoms with Crippen molar-refractivity contribution in [3.8, 4) is 0 Å². The van der Waals surface area contributed by atoms with Crippen LogP contribution in [0.2, 0.25) is 0 Å². The van der Waals surface area contributed by atoms with Gasteiger partial charge in [-0.2, -0.15) is 5.10 Å². The molecule has 116 valence electrons. The number of nitrogens with one attached hydrogen (secondary N) is 1. The fraction of sp³-hybridized carbons (Fsp3) is 0.375. The van der Waals surface area contributed by atoms with Crippen molar-refractivity contribution >= 4 is 26.8 Å². The second-order valence-corrected chi connectivity index (χ2v) is 6.50. The molecule has 0 spiro atoms. The van der Waals surface area contributed by atoms with Crippen molar-refractivity contribution in [2.75, 3.05) is 11.9 Å². The average molecular weight is 316 g/mol. The van der Waals surface area contributed by atoms with Crippen LogP contribution >= 0.6 is 11.3 Å². The van der Waals surface area contributed by atoms with Crippen LogP contribution in [-0.2, 0) is 7.05 Å². The number of benzene rings is 1. The van der Waals surface area contributed by atoms with Crippen molar-refractivity contribution in [3.63, 3.8) is 0 Å². The fourth-order valence-corrected chi connectivity index (χ4v) is 3.53. The van der Waals surface area contributed by atoms with E-state index in [2.05, 4.69) is 46.6 Å². The van der Waals surface area contributed by atoms with Crippen LogP contribution in [0.3, 0.4) is 0 Å². The number of thiazole rings is 1. The molecule has 3 aromatic rings. The Labute approximate surface area is 133 Å². The minimum atomic E-state index is 0.0550. The average Bonchev–Trinajstić information content (AvgIpc) is 3.01. The van der Waals surface area contributed by atoms with Gasteiger partial charge < -0.3 is 10.4 Å². The molecular weight excluding hydrogens is 296 g/mol. The van der Waals surface area contributed by atoms with Gasteiger partial charge in [0, 0.05) is 13.7 Å². The van der Waals surface area contributed by atoms with Crippen molar-refractivity contribution in [2.45, 2.75) is 26.3 Å². The highest BCUT2D eigenvalue weighted by Gasteiger charge is 2.16. The fourth-order valence-electron chi connectivity index (χ4n) is 2.55. The normalized spacial score (nSPS) is 12.7. The van der Waals surface area contributed by atoms with Crippen LogP contribution in [0, 0.1) is 13.8 Å². The third-order valence-corrected chi connectivity index (χ3v) is 4.82. The van der Waals surface area contributed by atoms with Gasteiger partial charge in [-0.05, 0) is 25.8 Å². The highest BCUT2D eigenvalue weighted by molar-refractivity contribution is 7.22. The van der Waals surface area contributed by atoms with E-state index in [9.17, 15) is 5.11 Å². The Morgan fingerprint density at radius 3 is 2.64 bits per heavy atom. The Morgan fingerprint density at radius 2 is 2.00 bits per heavy atom. The zero-order valence-corrected chi connectivity index (χ0v) is 13.8. The van der Waals surface area contributed by atoms with Crippen molar-refractivity contribution in [1.29, 1.82) is 0 Å². The first-order valence-corrected chi connectivity index (χ1v) is 8.14. The van der Waals surface area contributed by atoms with Crippen molar-refractivity contribution in [2.24, 2.45) is 7.05 Å². The minimum absolute atomic E-state index is 0.0550. The quantitative estimate of drug-likeness (QED) is 0.759. The van der Waals surface area contributed by atoms with Crippen LogP contribution in [0.4, 0.5) is 5.13 Å². The Bertz CT molecular complexity index is 741. The van der Waals surface area contributed by atoms with E-state index in [0.29, 0.717) is 6.42 Å². The minimum Gasteiger partial charge on any atom is -0.396 e. The molecule has 0 fully saturated rings. The maximum atomic E-state index is 9.35. The molecule has 0 aliphatic heterocycles. The van der Waals surface area contributed by atoms with E-state index < -0.39 is 0 Å². The molecular formula is C16H20N4OS. The summed E-state index contributed by atoms with van der Waals surface area (Å²) in [6.07, 6.45) is 0.649. The number of hydrogen-bond acceptors (Lipinski definition) is 5. The standard InChI is InChI=1S/C16H20N4OS/c1-10-4-6-12(7-5-10)13(8-9-21)17-16-18-15-14(22-16)11(2)19-20(15)3/h4-7,13,21H,8-9H2,1-3H3,(H,17,18)/t13-/m0/s1. The summed E-state index contributed by atoms with van der Waals surface area (Å²) in [7, 11) is 1.91. The summed E-state index contributed by atoms with van der Waals surface area (Å²) in [5.41, 5.74) is 4.29. The molecule has 3 rings (SSSR count). The molecule has 0 aliphatic carbocycles. The van der Waals surface area contributed by atoms with Crippen LogP contribution in [0.25, 0.3) is 10.3 Å². The summed E-state index contributed by atoms with van der Waals surface area (Å²) in [6, 6.07) is 8.44. The first kappa shape index (κ1) is 15.0. The summed E-state index contributed by atoms with van der Waals surface area (Å²) >= 11 is 1.61. The molecule has 2 N–H and O–H groups in total. The molecule has 0 bridgehead atoms. The smallest absolute Gasteiger partial charge is 0.185 e. The van der Waals surface area contributed by atoms with E-state index >= 15 is 0 Å². The van der Waals surface area contributed by atoms with E-state index in [4.69, 9.17) is 0 Å². The molecule has 2 aromatic heterocycles. The number of anilines is 1. The first-order valence-electron chi connectivity index (χ1n) is 7.32. The first-order chi connectivity index (χ1) is 10.6. The Morgan fingerprint density at radius 1 is 1.27 bits per heavy atom. The SMILES string of the molecule is Cc1ccc([C@H](CCO)Nc2nc3c(s2)c(C)nn3C)cc1. The second-order valence-electron chi connectivity index (χ2n) is 5.50. The van der Waals surface area contributed by atoms with Gasteiger partial charge in [-0.3, -0.25) is 0 Å². The highest BCUT2D eigenvalue weighted by Crippen LogP contribution is 2.31. The Hall–Kier alpha value is -1.92. The number of aromatic nitrogens is 3. The molecule has 1 aromatic carbocycles. The predicted molar refractivity (Wildman–Crippen MR) is 90.4 cm³/mol. The summed E-state index contributed by atoms with van der Waals surface area (Å²) in [5, 5.41) is 18.0. The lowest BCUT2D eigenvalue weighted by molar-refractivity contribution is 0.280. The number of nitrogens with zero attached hydrogens (tertiary/aromatic N) is 3. The van der Waals surface area contributed by atoms with E-state index in [1.165, 1.54) is 5.56 Å². The molecule has 0 unspecified atom stereocenters. The van der Waals surface area contributed by atoms with Crippen molar-refractivity contribution < 1.29 is 5.11 Å². The largest absolute Gasteiger partial charge is 0.396 e. The van der Waals surface area contributed by atoms with Crippen LogP contribution in [0.5, 0.6) is 0 Å². The molecule has 0 saturated carbocycles. The number of aliphatic hydroxyl groups excluding tert-OH is 1. The second kappa shape index (κ2) is 6.06. The third-order valence-electron chi connectivity index (χ3n) is 3.74. The lowest BCUT2D eigenvalue weighted by Crippen LogP contribution is -2.12. The van der Waals surface area contributed by atoms with Crippen LogP contribution < -0.4 is 5.32 Å². The number of aliphatic hydroxyl groups is 1. The molecule has 1 atom stereocenters. The maximum Gasteiger partial charge on any atom is 0.185 e. The van der Waals surface area contributed by atoms with Gasteiger partial charge in [0.15, 0.2) is 10.8 Å². The lowest BCUT2D eigenvalue weighted by Gasteiger charge is -2.17. The maximum absolute atomic E-state index is 9.35. The summed E-state index contributed by atoms with van der Waals surface area (Å²) in [5.74, 6) is 0. The van der Waals surface area contributed by atoms with Crippen LogP contribution in [0.15, 0.2) is 24.3 Å². The van der Waals surface area contributed by atoms with Gasteiger partial charge in [0.1, 0.15) is 0 Å².